The molecule has 0 bridgehead atoms. The van der Waals surface area contributed by atoms with E-state index in [9.17, 15) is 9.90 Å². The zero-order valence-electron chi connectivity index (χ0n) is 20.5. The van der Waals surface area contributed by atoms with Gasteiger partial charge in [0.2, 0.25) is 5.91 Å². The summed E-state index contributed by atoms with van der Waals surface area (Å²) in [5.41, 5.74) is 2.37. The number of aliphatic hydroxyl groups excluding tert-OH is 1. The number of carbonyl (C=O) groups excluding carboxylic acids is 1. The largest absolute Gasteiger partial charge is 0.491 e. The third kappa shape index (κ3) is 7.27. The van der Waals surface area contributed by atoms with E-state index in [1.54, 1.807) is 11.3 Å². The highest BCUT2D eigenvalue weighted by Crippen LogP contribution is 2.34. The van der Waals surface area contributed by atoms with Gasteiger partial charge in [0.25, 0.3) is 0 Å². The summed E-state index contributed by atoms with van der Waals surface area (Å²) >= 11 is 1.75. The Bertz CT molecular complexity index is 881. The first-order chi connectivity index (χ1) is 15.7. The molecule has 1 aromatic carbocycles. The predicted molar refractivity (Wildman–Crippen MR) is 133 cm³/mol. The summed E-state index contributed by atoms with van der Waals surface area (Å²) in [5.74, 6) is 0.877. The molecule has 0 radical (unpaired) electrons. The van der Waals surface area contributed by atoms with Crippen LogP contribution in [-0.4, -0.2) is 71.9 Å². The predicted octanol–water partition coefficient (Wildman–Crippen LogP) is 4.06. The van der Waals surface area contributed by atoms with Gasteiger partial charge in [0.15, 0.2) is 0 Å². The van der Waals surface area contributed by atoms with E-state index in [0.717, 1.165) is 12.2 Å². The zero-order valence-corrected chi connectivity index (χ0v) is 21.3. The second-order valence-corrected chi connectivity index (χ2v) is 10.3. The zero-order chi connectivity index (χ0) is 24.0. The highest BCUT2D eigenvalue weighted by Gasteiger charge is 2.33. The molecule has 0 saturated heterocycles. The van der Waals surface area contributed by atoms with E-state index in [1.165, 1.54) is 16.0 Å². The lowest BCUT2D eigenvalue weighted by Crippen LogP contribution is -2.49. The van der Waals surface area contributed by atoms with E-state index >= 15 is 0 Å². The first kappa shape index (κ1) is 25.7. The molecular weight excluding hydrogens is 436 g/mol. The fourth-order valence-electron chi connectivity index (χ4n) is 4.03. The molecule has 1 N–H and O–H groups in total. The van der Waals surface area contributed by atoms with Gasteiger partial charge in [-0.1, -0.05) is 17.7 Å². The minimum atomic E-state index is -0.631. The van der Waals surface area contributed by atoms with Crippen LogP contribution in [0.3, 0.4) is 0 Å². The van der Waals surface area contributed by atoms with Gasteiger partial charge in [-0.25, -0.2) is 0 Å². The number of hydrogen-bond acceptors (Lipinski definition) is 6. The Morgan fingerprint density at radius 3 is 2.61 bits per heavy atom. The molecule has 0 spiro atoms. The van der Waals surface area contributed by atoms with Crippen molar-refractivity contribution >= 4 is 17.2 Å². The smallest absolute Gasteiger partial charge is 0.237 e. The Morgan fingerprint density at radius 2 is 1.94 bits per heavy atom. The third-order valence-corrected chi connectivity index (χ3v) is 6.98. The molecule has 33 heavy (non-hydrogen) atoms. The van der Waals surface area contributed by atoms with Crippen LogP contribution in [-0.2, 0) is 16.0 Å². The molecule has 7 heteroatoms. The Morgan fingerprint density at radius 1 is 1.21 bits per heavy atom. The lowest BCUT2D eigenvalue weighted by Gasteiger charge is -2.38. The van der Waals surface area contributed by atoms with Gasteiger partial charge in [0.05, 0.1) is 31.4 Å². The van der Waals surface area contributed by atoms with Crippen molar-refractivity contribution in [1.29, 1.82) is 0 Å². The lowest BCUT2D eigenvalue weighted by atomic mass is 10.00. The second-order valence-electron chi connectivity index (χ2n) is 9.34. The van der Waals surface area contributed by atoms with Gasteiger partial charge in [-0.05, 0) is 70.2 Å². The number of benzene rings is 1. The monoisotopic (exact) mass is 474 g/mol. The molecule has 182 valence electrons. The van der Waals surface area contributed by atoms with Crippen molar-refractivity contribution in [2.45, 2.75) is 65.3 Å². The average molecular weight is 475 g/mol. The van der Waals surface area contributed by atoms with Gasteiger partial charge in [0, 0.05) is 24.0 Å². The van der Waals surface area contributed by atoms with Crippen LogP contribution in [0.1, 0.15) is 49.7 Å². The van der Waals surface area contributed by atoms with E-state index in [4.69, 9.17) is 9.47 Å². The van der Waals surface area contributed by atoms with Gasteiger partial charge in [-0.15, -0.1) is 11.3 Å². The summed E-state index contributed by atoms with van der Waals surface area (Å²) in [6.07, 6.45) is 0.302. The van der Waals surface area contributed by atoms with Gasteiger partial charge >= 0.3 is 0 Å². The van der Waals surface area contributed by atoms with E-state index in [2.05, 4.69) is 32.2 Å². The summed E-state index contributed by atoms with van der Waals surface area (Å²) in [6, 6.07) is 10.1. The minimum Gasteiger partial charge on any atom is -0.491 e. The molecule has 3 rings (SSSR count). The van der Waals surface area contributed by atoms with Crippen LogP contribution in [0.25, 0.3) is 0 Å². The summed E-state index contributed by atoms with van der Waals surface area (Å²) in [5, 5.41) is 12.5. The van der Waals surface area contributed by atoms with Gasteiger partial charge in [0.1, 0.15) is 12.4 Å². The van der Waals surface area contributed by atoms with E-state index in [0.29, 0.717) is 19.7 Å². The van der Waals surface area contributed by atoms with Gasteiger partial charge in [-0.2, -0.15) is 0 Å². The molecule has 2 aromatic rings. The van der Waals surface area contributed by atoms with Crippen molar-refractivity contribution < 1.29 is 19.4 Å². The third-order valence-electron chi connectivity index (χ3n) is 5.98. The van der Waals surface area contributed by atoms with Crippen LogP contribution in [0.2, 0.25) is 0 Å². The number of carbonyl (C=O) groups is 1. The highest BCUT2D eigenvalue weighted by atomic mass is 32.1. The molecule has 0 aliphatic carbocycles. The summed E-state index contributed by atoms with van der Waals surface area (Å²) < 4.78 is 11.7. The Balaban J connectivity index is 1.68. The van der Waals surface area contributed by atoms with E-state index in [-0.39, 0.29) is 37.2 Å². The number of aliphatic hydroxyl groups is 1. The minimum absolute atomic E-state index is 0.0648. The topological polar surface area (TPSA) is 62.2 Å². The van der Waals surface area contributed by atoms with Crippen molar-refractivity contribution in [3.63, 3.8) is 0 Å². The van der Waals surface area contributed by atoms with Crippen LogP contribution >= 0.6 is 11.3 Å². The molecule has 0 fully saturated rings. The SMILES string of the molecule is Cc1ccc(OC[C@@H]2c3ccsc3CCN2C(=O)CN(C[C@H](O)COC(C)C)C(C)C)cc1. The molecule has 1 aromatic heterocycles. The summed E-state index contributed by atoms with van der Waals surface area (Å²) in [7, 11) is 0. The maximum Gasteiger partial charge on any atom is 0.237 e. The summed E-state index contributed by atoms with van der Waals surface area (Å²) in [4.78, 5) is 18.8. The van der Waals surface area contributed by atoms with Crippen molar-refractivity contribution in [2.24, 2.45) is 0 Å². The standard InChI is InChI=1S/C26H38N2O4S/c1-18(2)27(14-21(29)16-31-19(3)4)15-26(30)28-12-10-25-23(11-13-33-25)24(28)17-32-22-8-6-20(5)7-9-22/h6-9,11,13,18-19,21,24,29H,10,12,14-17H2,1-5H3/t21-,24+/m0/s1. The molecule has 1 amide bonds. The van der Waals surface area contributed by atoms with Gasteiger partial charge in [-0.3, -0.25) is 9.69 Å². The average Bonchev–Trinajstić information content (AvgIpc) is 3.25. The Hall–Kier alpha value is -1.93. The normalized spacial score (nSPS) is 17.0. The maximum absolute atomic E-state index is 13.5. The highest BCUT2D eigenvalue weighted by molar-refractivity contribution is 7.10. The molecular formula is C26H38N2O4S. The number of ether oxygens (including phenoxy) is 2. The number of hydrogen-bond donors (Lipinski definition) is 1. The molecule has 2 heterocycles. The van der Waals surface area contributed by atoms with Crippen molar-refractivity contribution in [2.75, 3.05) is 32.8 Å². The molecule has 2 atom stereocenters. The quantitative estimate of drug-likeness (QED) is 0.532. The van der Waals surface area contributed by atoms with Crippen LogP contribution in [0.4, 0.5) is 0 Å². The molecule has 6 nitrogen and oxygen atoms in total. The number of amides is 1. The number of thiophene rings is 1. The van der Waals surface area contributed by atoms with Crippen LogP contribution in [0.5, 0.6) is 5.75 Å². The van der Waals surface area contributed by atoms with Crippen LogP contribution < -0.4 is 4.74 Å². The first-order valence-electron chi connectivity index (χ1n) is 11.8. The fourth-order valence-corrected chi connectivity index (χ4v) is 4.96. The van der Waals surface area contributed by atoms with Crippen molar-refractivity contribution in [3.05, 3.63) is 51.7 Å². The molecule has 0 saturated carbocycles. The number of nitrogens with zero attached hydrogens (tertiary/aromatic N) is 2. The first-order valence-corrected chi connectivity index (χ1v) is 12.7. The van der Waals surface area contributed by atoms with E-state index < -0.39 is 6.10 Å². The van der Waals surface area contributed by atoms with Crippen molar-refractivity contribution in [1.82, 2.24) is 9.80 Å². The number of rotatable bonds is 11. The second kappa shape index (κ2) is 12.0. The maximum atomic E-state index is 13.5. The Labute approximate surface area is 202 Å². The Kier molecular flexibility index (Phi) is 9.32. The van der Waals surface area contributed by atoms with Gasteiger partial charge < -0.3 is 19.5 Å². The molecule has 1 aliphatic rings. The lowest BCUT2D eigenvalue weighted by molar-refractivity contribution is -0.137. The summed E-state index contributed by atoms with van der Waals surface area (Å²) in [6.45, 7) is 12.1. The van der Waals surface area contributed by atoms with Crippen LogP contribution in [0, 0.1) is 6.92 Å². The van der Waals surface area contributed by atoms with Crippen molar-refractivity contribution in [3.8, 4) is 5.75 Å². The number of aryl methyl sites for hydroxylation is 1. The fraction of sp³-hybridized carbons (Fsp3) is 0.577. The number of fused-ring (bicyclic) bond motifs is 1. The van der Waals surface area contributed by atoms with Crippen LogP contribution in [0.15, 0.2) is 35.7 Å². The molecule has 0 unspecified atom stereocenters. The molecule has 1 aliphatic heterocycles. The van der Waals surface area contributed by atoms with E-state index in [1.807, 2.05) is 47.9 Å².